The van der Waals surface area contributed by atoms with E-state index in [9.17, 15) is 31.1 Å². The number of hydrogen-bond donors (Lipinski definition) is 2. The standard InChI is InChI=1S/C27H28F3N3O3.C2HF3O2/c1-17(11-25(34)35)14-33-10-9-23-21(15-33)13-31-26(32-23)19-7-8-24(18(2)12-19)36-16-20-5-3-4-6-22(20)27(28,29)30;3-2(4,5)1(6)7/h3-8,12-13,17H,9-11,14-16H2,1-2H3,(H,34,35);(H,6,7). The molecule has 3 aromatic rings. The quantitative estimate of drug-likeness (QED) is 0.291. The summed E-state index contributed by atoms with van der Waals surface area (Å²) in [5.74, 6) is -2.40. The average molecular weight is 614 g/mol. The first-order valence-electron chi connectivity index (χ1n) is 13.0. The normalized spacial score (nSPS) is 14.2. The molecule has 0 fully saturated rings. The third-order valence-corrected chi connectivity index (χ3v) is 6.49. The molecule has 0 spiro atoms. The topological polar surface area (TPSA) is 113 Å². The van der Waals surface area contributed by atoms with Crippen LogP contribution in [0.2, 0.25) is 0 Å². The summed E-state index contributed by atoms with van der Waals surface area (Å²) in [4.78, 5) is 31.3. The summed E-state index contributed by atoms with van der Waals surface area (Å²) in [5.41, 5.74) is 2.97. The van der Waals surface area contributed by atoms with Crippen LogP contribution in [0.25, 0.3) is 11.4 Å². The van der Waals surface area contributed by atoms with Gasteiger partial charge in [-0.25, -0.2) is 14.8 Å². The number of carboxylic acids is 2. The maximum Gasteiger partial charge on any atom is 0.490 e. The zero-order chi connectivity index (χ0) is 31.9. The molecule has 0 aliphatic carbocycles. The molecule has 0 amide bonds. The summed E-state index contributed by atoms with van der Waals surface area (Å²) in [6.45, 7) is 5.79. The summed E-state index contributed by atoms with van der Waals surface area (Å²) in [7, 11) is 0. The first kappa shape index (κ1) is 33.3. The lowest BCUT2D eigenvalue weighted by atomic mass is 10.0. The highest BCUT2D eigenvalue weighted by atomic mass is 19.4. The van der Waals surface area contributed by atoms with Gasteiger partial charge >= 0.3 is 24.3 Å². The molecular weight excluding hydrogens is 584 g/mol. The molecule has 2 aromatic carbocycles. The van der Waals surface area contributed by atoms with E-state index in [1.54, 1.807) is 12.1 Å². The van der Waals surface area contributed by atoms with E-state index in [1.165, 1.54) is 12.1 Å². The maximum atomic E-state index is 13.2. The summed E-state index contributed by atoms with van der Waals surface area (Å²) < 4.78 is 77.2. The summed E-state index contributed by atoms with van der Waals surface area (Å²) in [5, 5.41) is 16.1. The van der Waals surface area contributed by atoms with Crippen molar-refractivity contribution in [3.63, 3.8) is 0 Å². The number of ether oxygens (including phenoxy) is 1. The van der Waals surface area contributed by atoms with Gasteiger partial charge < -0.3 is 14.9 Å². The molecule has 1 aromatic heterocycles. The lowest BCUT2D eigenvalue weighted by Gasteiger charge is -2.29. The fourth-order valence-corrected chi connectivity index (χ4v) is 4.50. The SMILES string of the molecule is Cc1cc(-c2ncc3c(n2)CCN(CC(C)CC(=O)O)C3)ccc1OCc1ccccc1C(F)(F)F.O=C(O)C(F)(F)F. The number of aliphatic carboxylic acids is 2. The highest BCUT2D eigenvalue weighted by molar-refractivity contribution is 5.73. The number of alkyl halides is 6. The van der Waals surface area contributed by atoms with Crippen LogP contribution in [0.3, 0.4) is 0 Å². The second-order valence-corrected chi connectivity index (χ2v) is 10.1. The van der Waals surface area contributed by atoms with Crippen LogP contribution in [0.15, 0.2) is 48.7 Å². The minimum atomic E-state index is -5.08. The Balaban J connectivity index is 0.000000646. The molecule has 0 saturated carbocycles. The van der Waals surface area contributed by atoms with Crippen LogP contribution in [0.4, 0.5) is 26.3 Å². The minimum Gasteiger partial charge on any atom is -0.489 e. The largest absolute Gasteiger partial charge is 0.490 e. The molecule has 2 N–H and O–H groups in total. The van der Waals surface area contributed by atoms with E-state index in [-0.39, 0.29) is 24.5 Å². The van der Waals surface area contributed by atoms with E-state index in [2.05, 4.69) is 9.88 Å². The van der Waals surface area contributed by atoms with Gasteiger partial charge in [-0.15, -0.1) is 0 Å². The first-order valence-corrected chi connectivity index (χ1v) is 13.0. The van der Waals surface area contributed by atoms with Gasteiger partial charge in [0, 0.05) is 55.4 Å². The number of aryl methyl sites for hydroxylation is 1. The van der Waals surface area contributed by atoms with Gasteiger partial charge in [0.2, 0.25) is 0 Å². The lowest BCUT2D eigenvalue weighted by Crippen LogP contribution is -2.35. The van der Waals surface area contributed by atoms with Crippen molar-refractivity contribution in [2.75, 3.05) is 13.1 Å². The van der Waals surface area contributed by atoms with Gasteiger partial charge in [-0.1, -0.05) is 25.1 Å². The number of fused-ring (bicyclic) bond motifs is 1. The summed E-state index contributed by atoms with van der Waals surface area (Å²) in [6.07, 6.45) is -6.80. The molecule has 14 heteroatoms. The van der Waals surface area contributed by atoms with Gasteiger partial charge in [-0.05, 0) is 42.7 Å². The van der Waals surface area contributed by atoms with Crippen LogP contribution in [-0.2, 0) is 35.3 Å². The molecule has 232 valence electrons. The highest BCUT2D eigenvalue weighted by Crippen LogP contribution is 2.33. The second kappa shape index (κ2) is 13.8. The van der Waals surface area contributed by atoms with Crippen molar-refractivity contribution in [3.05, 3.63) is 76.6 Å². The second-order valence-electron chi connectivity index (χ2n) is 10.1. The summed E-state index contributed by atoms with van der Waals surface area (Å²) >= 11 is 0. The van der Waals surface area contributed by atoms with Crippen molar-refractivity contribution in [3.8, 4) is 17.1 Å². The number of hydrogen-bond acceptors (Lipinski definition) is 6. The molecule has 0 bridgehead atoms. The number of halogens is 6. The van der Waals surface area contributed by atoms with Crippen LogP contribution in [0.1, 0.15) is 41.3 Å². The van der Waals surface area contributed by atoms with E-state index in [1.807, 2.05) is 32.2 Å². The Morgan fingerprint density at radius 3 is 2.35 bits per heavy atom. The Morgan fingerprint density at radius 2 is 1.74 bits per heavy atom. The van der Waals surface area contributed by atoms with Crippen molar-refractivity contribution in [1.29, 1.82) is 0 Å². The van der Waals surface area contributed by atoms with Crippen LogP contribution < -0.4 is 4.74 Å². The number of carboxylic acid groups (broad SMARTS) is 2. The first-order chi connectivity index (χ1) is 20.0. The van der Waals surface area contributed by atoms with E-state index < -0.39 is 29.9 Å². The van der Waals surface area contributed by atoms with Crippen molar-refractivity contribution in [2.24, 2.45) is 5.92 Å². The van der Waals surface area contributed by atoms with E-state index in [0.717, 1.165) is 41.4 Å². The fraction of sp³-hybridized carbons (Fsp3) is 0.379. The number of nitrogens with zero attached hydrogens (tertiary/aromatic N) is 3. The predicted octanol–water partition coefficient (Wildman–Crippen LogP) is 6.15. The molecule has 2 heterocycles. The number of carbonyl (C=O) groups is 2. The van der Waals surface area contributed by atoms with Crippen molar-refractivity contribution in [1.82, 2.24) is 14.9 Å². The van der Waals surface area contributed by atoms with Crippen LogP contribution in [-0.4, -0.2) is 56.3 Å². The van der Waals surface area contributed by atoms with Gasteiger partial charge in [-0.2, -0.15) is 26.3 Å². The van der Waals surface area contributed by atoms with Gasteiger partial charge in [0.25, 0.3) is 0 Å². The maximum absolute atomic E-state index is 13.2. The van der Waals surface area contributed by atoms with Gasteiger partial charge in [0.15, 0.2) is 5.82 Å². The van der Waals surface area contributed by atoms with Crippen molar-refractivity contribution < 1.29 is 50.9 Å². The Kier molecular flexibility index (Phi) is 10.7. The molecular formula is C29H29F6N3O5. The van der Waals surface area contributed by atoms with Crippen LogP contribution in [0.5, 0.6) is 5.75 Å². The van der Waals surface area contributed by atoms with Crippen molar-refractivity contribution >= 4 is 11.9 Å². The Morgan fingerprint density at radius 1 is 1.07 bits per heavy atom. The monoisotopic (exact) mass is 613 g/mol. The predicted molar refractivity (Wildman–Crippen MR) is 142 cm³/mol. The zero-order valence-electron chi connectivity index (χ0n) is 23.2. The third-order valence-electron chi connectivity index (χ3n) is 6.49. The number of rotatable bonds is 8. The average Bonchev–Trinajstić information content (AvgIpc) is 2.91. The number of benzene rings is 2. The highest BCUT2D eigenvalue weighted by Gasteiger charge is 2.38. The minimum absolute atomic E-state index is 0.0647. The molecule has 1 aliphatic heterocycles. The molecule has 1 unspecified atom stereocenters. The van der Waals surface area contributed by atoms with Gasteiger partial charge in [0.1, 0.15) is 12.4 Å². The summed E-state index contributed by atoms with van der Waals surface area (Å²) in [6, 6.07) is 10.8. The van der Waals surface area contributed by atoms with Gasteiger partial charge in [-0.3, -0.25) is 9.69 Å². The molecule has 0 radical (unpaired) electrons. The Bertz CT molecular complexity index is 1440. The zero-order valence-corrected chi connectivity index (χ0v) is 23.2. The van der Waals surface area contributed by atoms with E-state index in [4.69, 9.17) is 24.7 Å². The molecule has 8 nitrogen and oxygen atoms in total. The molecule has 43 heavy (non-hydrogen) atoms. The third kappa shape index (κ3) is 9.66. The van der Waals surface area contributed by atoms with Crippen LogP contribution >= 0.6 is 0 Å². The van der Waals surface area contributed by atoms with E-state index in [0.29, 0.717) is 24.7 Å². The Labute approximate surface area is 243 Å². The Hall–Kier alpha value is -4.20. The van der Waals surface area contributed by atoms with Crippen molar-refractivity contribution in [2.45, 2.75) is 52.2 Å². The molecule has 1 atom stereocenters. The molecule has 1 aliphatic rings. The molecule has 0 saturated heterocycles. The lowest BCUT2D eigenvalue weighted by molar-refractivity contribution is -0.192. The van der Waals surface area contributed by atoms with Crippen LogP contribution in [0, 0.1) is 12.8 Å². The fourth-order valence-electron chi connectivity index (χ4n) is 4.50. The number of aromatic nitrogens is 2. The smallest absolute Gasteiger partial charge is 0.489 e. The van der Waals surface area contributed by atoms with E-state index >= 15 is 0 Å². The molecule has 4 rings (SSSR count). The van der Waals surface area contributed by atoms with Gasteiger partial charge in [0.05, 0.1) is 11.3 Å².